The summed E-state index contributed by atoms with van der Waals surface area (Å²) >= 11 is 0. The Balaban J connectivity index is 2.06. The van der Waals surface area contributed by atoms with Crippen LogP contribution in [-0.4, -0.2) is 31.5 Å². The maximum atomic E-state index is 10.0. The van der Waals surface area contributed by atoms with Crippen LogP contribution in [0.4, 0.5) is 0 Å². The summed E-state index contributed by atoms with van der Waals surface area (Å²) in [6.45, 7) is 2.11. The summed E-state index contributed by atoms with van der Waals surface area (Å²) in [6.07, 6.45) is 4.03. The van der Waals surface area contributed by atoms with Crippen molar-refractivity contribution in [3.8, 4) is 11.5 Å². The van der Waals surface area contributed by atoms with Gasteiger partial charge in [-0.3, -0.25) is 0 Å². The topological polar surface area (TPSA) is 50.7 Å². The molecule has 0 bridgehead atoms. The number of rotatable bonds is 5. The quantitative estimate of drug-likeness (QED) is 0.870. The van der Waals surface area contributed by atoms with Crippen molar-refractivity contribution in [3.05, 3.63) is 23.8 Å². The van der Waals surface area contributed by atoms with E-state index in [1.54, 1.807) is 14.2 Å². The van der Waals surface area contributed by atoms with Crippen LogP contribution >= 0.6 is 0 Å². The molecular formula is C16H25NO3. The molecule has 0 aliphatic heterocycles. The van der Waals surface area contributed by atoms with Gasteiger partial charge in [0.2, 0.25) is 0 Å². The van der Waals surface area contributed by atoms with Gasteiger partial charge in [0, 0.05) is 12.1 Å². The standard InChI is InChI=1S/C16H25NO3/c1-11(17-13-6-4-5-7-14(13)18)12-8-9-15(19-2)16(10-12)20-3/h8-11,13-14,17-18H,4-7H2,1-3H3/t11?,13-,14-/m1/s1. The highest BCUT2D eigenvalue weighted by Crippen LogP contribution is 2.30. The molecule has 0 saturated heterocycles. The summed E-state index contributed by atoms with van der Waals surface area (Å²) in [5.74, 6) is 1.48. The first-order valence-corrected chi connectivity index (χ1v) is 7.31. The van der Waals surface area contributed by atoms with Gasteiger partial charge in [-0.05, 0) is 37.5 Å². The fourth-order valence-electron chi connectivity index (χ4n) is 2.85. The highest BCUT2D eigenvalue weighted by atomic mass is 16.5. The van der Waals surface area contributed by atoms with E-state index >= 15 is 0 Å². The molecule has 0 amide bonds. The maximum absolute atomic E-state index is 10.0. The third-order valence-corrected chi connectivity index (χ3v) is 4.10. The van der Waals surface area contributed by atoms with Crippen LogP contribution in [0.1, 0.15) is 44.2 Å². The lowest BCUT2D eigenvalue weighted by atomic mass is 9.91. The normalized spacial score (nSPS) is 24.2. The summed E-state index contributed by atoms with van der Waals surface area (Å²) in [7, 11) is 3.28. The van der Waals surface area contributed by atoms with Gasteiger partial charge >= 0.3 is 0 Å². The van der Waals surface area contributed by atoms with E-state index in [0.29, 0.717) is 0 Å². The van der Waals surface area contributed by atoms with Gasteiger partial charge in [-0.1, -0.05) is 18.9 Å². The van der Waals surface area contributed by atoms with Crippen LogP contribution in [0.3, 0.4) is 0 Å². The Morgan fingerprint density at radius 3 is 2.50 bits per heavy atom. The zero-order chi connectivity index (χ0) is 14.5. The van der Waals surface area contributed by atoms with E-state index in [4.69, 9.17) is 9.47 Å². The Kier molecular flexibility index (Phi) is 5.26. The van der Waals surface area contributed by atoms with Crippen LogP contribution in [0.25, 0.3) is 0 Å². The minimum atomic E-state index is -0.230. The van der Waals surface area contributed by atoms with Crippen molar-refractivity contribution in [2.75, 3.05) is 14.2 Å². The smallest absolute Gasteiger partial charge is 0.161 e. The van der Waals surface area contributed by atoms with Crippen molar-refractivity contribution in [2.45, 2.75) is 50.8 Å². The average molecular weight is 279 g/mol. The Morgan fingerprint density at radius 1 is 1.15 bits per heavy atom. The van der Waals surface area contributed by atoms with Gasteiger partial charge in [0.15, 0.2) is 11.5 Å². The van der Waals surface area contributed by atoms with Crippen molar-refractivity contribution in [1.29, 1.82) is 0 Å². The van der Waals surface area contributed by atoms with Gasteiger partial charge in [0.25, 0.3) is 0 Å². The van der Waals surface area contributed by atoms with Gasteiger partial charge in [0.05, 0.1) is 20.3 Å². The molecule has 112 valence electrons. The van der Waals surface area contributed by atoms with Gasteiger partial charge in [-0.2, -0.15) is 0 Å². The Labute approximate surface area is 121 Å². The molecule has 1 aromatic rings. The molecule has 20 heavy (non-hydrogen) atoms. The average Bonchev–Trinajstić information content (AvgIpc) is 2.48. The molecule has 1 aromatic carbocycles. The molecule has 2 rings (SSSR count). The number of aliphatic hydroxyl groups is 1. The lowest BCUT2D eigenvalue weighted by Gasteiger charge is -2.31. The van der Waals surface area contributed by atoms with E-state index in [1.165, 1.54) is 6.42 Å². The molecule has 2 N–H and O–H groups in total. The van der Waals surface area contributed by atoms with E-state index < -0.39 is 0 Å². The fourth-order valence-corrected chi connectivity index (χ4v) is 2.85. The molecule has 1 aliphatic rings. The zero-order valence-electron chi connectivity index (χ0n) is 12.6. The van der Waals surface area contributed by atoms with Crippen molar-refractivity contribution >= 4 is 0 Å². The van der Waals surface area contributed by atoms with Crippen LogP contribution < -0.4 is 14.8 Å². The van der Waals surface area contributed by atoms with Crippen LogP contribution in [-0.2, 0) is 0 Å². The zero-order valence-corrected chi connectivity index (χ0v) is 12.6. The van der Waals surface area contributed by atoms with Crippen LogP contribution in [0, 0.1) is 0 Å². The minimum Gasteiger partial charge on any atom is -0.493 e. The number of hydrogen-bond acceptors (Lipinski definition) is 4. The molecular weight excluding hydrogens is 254 g/mol. The number of methoxy groups -OCH3 is 2. The number of aliphatic hydroxyl groups excluding tert-OH is 1. The van der Waals surface area contributed by atoms with Crippen molar-refractivity contribution in [2.24, 2.45) is 0 Å². The van der Waals surface area contributed by atoms with Crippen LogP contribution in [0.15, 0.2) is 18.2 Å². The van der Waals surface area contributed by atoms with Gasteiger partial charge in [-0.25, -0.2) is 0 Å². The summed E-state index contributed by atoms with van der Waals surface area (Å²) in [4.78, 5) is 0. The molecule has 1 aliphatic carbocycles. The van der Waals surface area contributed by atoms with Gasteiger partial charge < -0.3 is 19.9 Å². The molecule has 0 radical (unpaired) electrons. The van der Waals surface area contributed by atoms with E-state index in [2.05, 4.69) is 12.2 Å². The van der Waals surface area contributed by atoms with E-state index in [-0.39, 0.29) is 18.2 Å². The van der Waals surface area contributed by atoms with Crippen molar-refractivity contribution in [1.82, 2.24) is 5.32 Å². The lowest BCUT2D eigenvalue weighted by molar-refractivity contribution is 0.0859. The van der Waals surface area contributed by atoms with E-state index in [9.17, 15) is 5.11 Å². The number of ether oxygens (including phenoxy) is 2. The first kappa shape index (κ1) is 15.1. The molecule has 4 nitrogen and oxygen atoms in total. The first-order chi connectivity index (χ1) is 9.65. The molecule has 1 fully saturated rings. The van der Waals surface area contributed by atoms with E-state index in [0.717, 1.165) is 36.3 Å². The highest BCUT2D eigenvalue weighted by Gasteiger charge is 2.24. The molecule has 0 aromatic heterocycles. The monoisotopic (exact) mass is 279 g/mol. The van der Waals surface area contributed by atoms with Crippen molar-refractivity contribution in [3.63, 3.8) is 0 Å². The molecule has 0 spiro atoms. The van der Waals surface area contributed by atoms with Crippen LogP contribution in [0.2, 0.25) is 0 Å². The summed E-state index contributed by atoms with van der Waals surface area (Å²) < 4.78 is 10.6. The van der Waals surface area contributed by atoms with E-state index in [1.807, 2.05) is 18.2 Å². The SMILES string of the molecule is COc1ccc(C(C)N[C@@H]2CCCC[C@H]2O)cc1OC. The Hall–Kier alpha value is -1.26. The third-order valence-electron chi connectivity index (χ3n) is 4.10. The second kappa shape index (κ2) is 6.95. The number of hydrogen-bond donors (Lipinski definition) is 2. The van der Waals surface area contributed by atoms with Crippen molar-refractivity contribution < 1.29 is 14.6 Å². The molecule has 1 unspecified atom stereocenters. The molecule has 4 heteroatoms. The maximum Gasteiger partial charge on any atom is 0.161 e. The van der Waals surface area contributed by atoms with Gasteiger partial charge in [0.1, 0.15) is 0 Å². The number of benzene rings is 1. The second-order valence-electron chi connectivity index (χ2n) is 5.46. The van der Waals surface area contributed by atoms with Gasteiger partial charge in [-0.15, -0.1) is 0 Å². The van der Waals surface area contributed by atoms with Crippen LogP contribution in [0.5, 0.6) is 11.5 Å². The predicted octanol–water partition coefficient (Wildman–Crippen LogP) is 2.66. The first-order valence-electron chi connectivity index (χ1n) is 7.31. The Bertz CT molecular complexity index is 436. The summed E-state index contributed by atoms with van der Waals surface area (Å²) in [5, 5.41) is 13.6. The minimum absolute atomic E-state index is 0.174. The Morgan fingerprint density at radius 2 is 1.85 bits per heavy atom. The molecule has 0 heterocycles. The fraction of sp³-hybridized carbons (Fsp3) is 0.625. The third kappa shape index (κ3) is 3.44. The number of nitrogens with one attached hydrogen (secondary N) is 1. The molecule has 1 saturated carbocycles. The summed E-state index contributed by atoms with van der Waals surface area (Å²) in [6, 6.07) is 6.31. The molecule has 3 atom stereocenters. The largest absolute Gasteiger partial charge is 0.493 e. The summed E-state index contributed by atoms with van der Waals surface area (Å²) in [5.41, 5.74) is 1.14. The highest BCUT2D eigenvalue weighted by molar-refractivity contribution is 5.43. The predicted molar refractivity (Wildman–Crippen MR) is 79.4 cm³/mol. The second-order valence-corrected chi connectivity index (χ2v) is 5.46. The lowest BCUT2D eigenvalue weighted by Crippen LogP contribution is -2.43.